The number of sulfonamides is 1. The first-order chi connectivity index (χ1) is 14.8. The highest BCUT2D eigenvalue weighted by atomic mass is 32.2. The number of nitrogens with two attached hydrogens (primary N) is 1. The zero-order valence-electron chi connectivity index (χ0n) is 17.4. The summed E-state index contributed by atoms with van der Waals surface area (Å²) in [6.07, 6.45) is 2.51. The summed E-state index contributed by atoms with van der Waals surface area (Å²) in [6, 6.07) is 5.70. The van der Waals surface area contributed by atoms with Crippen LogP contribution in [0.25, 0.3) is 0 Å². The quantitative estimate of drug-likeness (QED) is 0.439. The molecule has 0 radical (unpaired) electrons. The highest BCUT2D eigenvalue weighted by Crippen LogP contribution is 2.18. The Morgan fingerprint density at radius 1 is 1.19 bits per heavy atom. The van der Waals surface area contributed by atoms with Crippen molar-refractivity contribution in [3.8, 4) is 0 Å². The predicted octanol–water partition coefficient (Wildman–Crippen LogP) is -0.876. The summed E-state index contributed by atoms with van der Waals surface area (Å²) in [5, 5.41) is 5.42. The van der Waals surface area contributed by atoms with Gasteiger partial charge in [-0.3, -0.25) is 14.4 Å². The van der Waals surface area contributed by atoms with Gasteiger partial charge in [0.15, 0.2) is 0 Å². The van der Waals surface area contributed by atoms with Crippen LogP contribution < -0.4 is 16.4 Å². The highest BCUT2D eigenvalue weighted by molar-refractivity contribution is 7.89. The molecule has 1 aromatic rings. The third kappa shape index (κ3) is 6.02. The van der Waals surface area contributed by atoms with Gasteiger partial charge in [-0.1, -0.05) is 0 Å². The lowest BCUT2D eigenvalue weighted by Crippen LogP contribution is -2.49. The van der Waals surface area contributed by atoms with Gasteiger partial charge in [0.25, 0.3) is 5.91 Å². The Kier molecular flexibility index (Phi) is 7.63. The van der Waals surface area contributed by atoms with Crippen molar-refractivity contribution in [3.63, 3.8) is 0 Å². The van der Waals surface area contributed by atoms with Gasteiger partial charge in [0.1, 0.15) is 0 Å². The number of hydrogen-bond donors (Lipinski definition) is 3. The summed E-state index contributed by atoms with van der Waals surface area (Å²) in [4.78, 5) is 37.4. The van der Waals surface area contributed by atoms with E-state index < -0.39 is 10.0 Å². The number of likely N-dealkylation sites (tertiary alicyclic amines) is 1. The number of piperazine rings is 1. The summed E-state index contributed by atoms with van der Waals surface area (Å²) in [5.41, 5.74) is 5.76. The Bertz CT molecular complexity index is 918. The molecule has 0 aromatic heterocycles. The predicted molar refractivity (Wildman–Crippen MR) is 114 cm³/mol. The first-order valence-electron chi connectivity index (χ1n) is 10.4. The molecular formula is C20H29N5O5S. The molecule has 2 fully saturated rings. The lowest BCUT2D eigenvalue weighted by atomic mass is 9.97. The van der Waals surface area contributed by atoms with Gasteiger partial charge in [-0.15, -0.1) is 0 Å². The molecule has 0 spiro atoms. The van der Waals surface area contributed by atoms with Crippen molar-refractivity contribution >= 4 is 27.7 Å². The van der Waals surface area contributed by atoms with Gasteiger partial charge in [0.05, 0.1) is 17.4 Å². The topological polar surface area (TPSA) is 142 Å². The van der Waals surface area contributed by atoms with E-state index in [0.29, 0.717) is 18.7 Å². The van der Waals surface area contributed by atoms with Gasteiger partial charge in [-0.2, -0.15) is 4.31 Å². The summed E-state index contributed by atoms with van der Waals surface area (Å²) in [5.74, 6) is -0.972. The molecule has 0 bridgehead atoms. The van der Waals surface area contributed by atoms with E-state index in [-0.39, 0.29) is 48.2 Å². The average Bonchev–Trinajstić information content (AvgIpc) is 2.77. The minimum absolute atomic E-state index is 0.0489. The Morgan fingerprint density at radius 2 is 1.94 bits per heavy atom. The summed E-state index contributed by atoms with van der Waals surface area (Å²) < 4.78 is 26.4. The van der Waals surface area contributed by atoms with E-state index in [2.05, 4.69) is 15.5 Å². The first kappa shape index (κ1) is 23.2. The van der Waals surface area contributed by atoms with E-state index in [9.17, 15) is 22.8 Å². The van der Waals surface area contributed by atoms with Gasteiger partial charge in [-0.05, 0) is 56.6 Å². The van der Waals surface area contributed by atoms with Crippen molar-refractivity contribution in [1.82, 2.24) is 19.8 Å². The van der Waals surface area contributed by atoms with E-state index in [4.69, 9.17) is 5.73 Å². The van der Waals surface area contributed by atoms with Gasteiger partial charge in [-0.25, -0.2) is 8.42 Å². The number of primary amides is 1. The lowest BCUT2D eigenvalue weighted by molar-refractivity contribution is -0.123. The van der Waals surface area contributed by atoms with Crippen LogP contribution in [0.15, 0.2) is 29.2 Å². The molecule has 3 rings (SSSR count). The van der Waals surface area contributed by atoms with Crippen molar-refractivity contribution in [1.29, 1.82) is 0 Å². The van der Waals surface area contributed by atoms with Crippen LogP contribution in [0.5, 0.6) is 0 Å². The molecule has 4 N–H and O–H groups in total. The first-order valence-corrected chi connectivity index (χ1v) is 11.9. The molecule has 1 atom stereocenters. The van der Waals surface area contributed by atoms with Crippen LogP contribution in [-0.4, -0.2) is 81.2 Å². The standard InChI is InChI=1S/C20H29N5O5S/c21-19(27)16-3-1-10-24(13-16)11-2-8-23-20(28)15-4-6-17(7-5-15)31(29,30)25-12-9-22-18(26)14-25/h4-7,16H,1-3,8-14H2,(H2,21,27)(H,22,26)(H,23,28). The minimum Gasteiger partial charge on any atom is -0.369 e. The molecule has 3 amide bonds. The van der Waals surface area contributed by atoms with E-state index in [1.165, 1.54) is 24.3 Å². The largest absolute Gasteiger partial charge is 0.369 e. The molecule has 2 aliphatic heterocycles. The fourth-order valence-electron chi connectivity index (χ4n) is 3.85. The molecule has 1 aromatic carbocycles. The van der Waals surface area contributed by atoms with Crippen molar-refractivity contribution in [2.24, 2.45) is 11.7 Å². The third-order valence-corrected chi connectivity index (χ3v) is 7.46. The zero-order valence-corrected chi connectivity index (χ0v) is 18.2. The van der Waals surface area contributed by atoms with E-state index >= 15 is 0 Å². The third-order valence-electron chi connectivity index (χ3n) is 5.60. The van der Waals surface area contributed by atoms with Crippen LogP contribution >= 0.6 is 0 Å². The van der Waals surface area contributed by atoms with Crippen LogP contribution in [0.1, 0.15) is 29.6 Å². The Morgan fingerprint density at radius 3 is 2.61 bits per heavy atom. The molecule has 2 saturated heterocycles. The van der Waals surface area contributed by atoms with Crippen LogP contribution in [0.3, 0.4) is 0 Å². The number of benzene rings is 1. The van der Waals surface area contributed by atoms with Crippen LogP contribution in [0.2, 0.25) is 0 Å². The molecule has 170 valence electrons. The Hall–Kier alpha value is -2.50. The molecule has 2 aliphatic rings. The molecule has 31 heavy (non-hydrogen) atoms. The SMILES string of the molecule is NC(=O)C1CCCN(CCCNC(=O)c2ccc(S(=O)(=O)N3CCNC(=O)C3)cc2)C1. The summed E-state index contributed by atoms with van der Waals surface area (Å²) >= 11 is 0. The van der Waals surface area contributed by atoms with Crippen molar-refractivity contribution in [3.05, 3.63) is 29.8 Å². The highest BCUT2D eigenvalue weighted by Gasteiger charge is 2.29. The van der Waals surface area contributed by atoms with Crippen LogP contribution in [0.4, 0.5) is 0 Å². The van der Waals surface area contributed by atoms with E-state index in [1.807, 2.05) is 0 Å². The normalized spacial score (nSPS) is 20.8. The smallest absolute Gasteiger partial charge is 0.251 e. The number of hydrogen-bond acceptors (Lipinski definition) is 6. The van der Waals surface area contributed by atoms with Crippen LogP contribution in [0, 0.1) is 5.92 Å². The molecule has 0 aliphatic carbocycles. The van der Waals surface area contributed by atoms with Crippen molar-refractivity contribution in [2.75, 3.05) is 45.8 Å². The van der Waals surface area contributed by atoms with Crippen molar-refractivity contribution < 1.29 is 22.8 Å². The molecule has 1 unspecified atom stereocenters. The van der Waals surface area contributed by atoms with Crippen LogP contribution in [-0.2, 0) is 19.6 Å². The second-order valence-electron chi connectivity index (χ2n) is 7.86. The Labute approximate surface area is 182 Å². The number of piperidine rings is 1. The Balaban J connectivity index is 1.47. The fourth-order valence-corrected chi connectivity index (χ4v) is 5.24. The number of rotatable bonds is 8. The number of nitrogens with one attached hydrogen (secondary N) is 2. The number of nitrogens with zero attached hydrogens (tertiary/aromatic N) is 2. The molecule has 11 heteroatoms. The van der Waals surface area contributed by atoms with Crippen molar-refractivity contribution in [2.45, 2.75) is 24.2 Å². The monoisotopic (exact) mass is 451 g/mol. The van der Waals surface area contributed by atoms with Gasteiger partial charge in [0, 0.05) is 31.7 Å². The molecular weight excluding hydrogens is 422 g/mol. The maximum Gasteiger partial charge on any atom is 0.251 e. The number of carbonyl (C=O) groups excluding carboxylic acids is 3. The fraction of sp³-hybridized carbons (Fsp3) is 0.550. The van der Waals surface area contributed by atoms with E-state index in [0.717, 1.165) is 36.7 Å². The van der Waals surface area contributed by atoms with E-state index in [1.54, 1.807) is 0 Å². The maximum absolute atomic E-state index is 12.7. The van der Waals surface area contributed by atoms with Gasteiger partial charge in [0.2, 0.25) is 21.8 Å². The molecule has 0 saturated carbocycles. The molecule has 10 nitrogen and oxygen atoms in total. The minimum atomic E-state index is -3.78. The van der Waals surface area contributed by atoms with Gasteiger partial charge >= 0.3 is 0 Å². The lowest BCUT2D eigenvalue weighted by Gasteiger charge is -2.31. The second-order valence-corrected chi connectivity index (χ2v) is 9.80. The number of carbonyl (C=O) groups is 3. The zero-order chi connectivity index (χ0) is 22.4. The van der Waals surface area contributed by atoms with Gasteiger partial charge < -0.3 is 21.3 Å². The maximum atomic E-state index is 12.7. The molecule has 2 heterocycles. The summed E-state index contributed by atoms with van der Waals surface area (Å²) in [6.45, 7) is 3.11. The average molecular weight is 452 g/mol. The second kappa shape index (κ2) is 10.2. The summed E-state index contributed by atoms with van der Waals surface area (Å²) in [7, 11) is -3.78. The number of amides is 3.